The van der Waals surface area contributed by atoms with E-state index in [1.165, 1.54) is 0 Å². The number of ether oxygens (including phenoxy) is 3. The van der Waals surface area contributed by atoms with Gasteiger partial charge in [0.15, 0.2) is 17.5 Å². The highest BCUT2D eigenvalue weighted by Gasteiger charge is 2.13. The molecule has 8 heteroatoms. The van der Waals surface area contributed by atoms with E-state index in [4.69, 9.17) is 19.2 Å². The first-order chi connectivity index (χ1) is 13.0. The third kappa shape index (κ3) is 5.50. The van der Waals surface area contributed by atoms with Crippen molar-refractivity contribution in [1.82, 2.24) is 15.2 Å². The predicted octanol–water partition coefficient (Wildman–Crippen LogP) is 3.07. The van der Waals surface area contributed by atoms with E-state index in [0.29, 0.717) is 30.3 Å². The summed E-state index contributed by atoms with van der Waals surface area (Å²) in [7, 11) is 6.86. The lowest BCUT2D eigenvalue weighted by atomic mass is 10.1. The zero-order valence-corrected chi connectivity index (χ0v) is 17.6. The molecule has 0 saturated carbocycles. The fraction of sp³-hybridized carbons (Fsp3) is 0.474. The van der Waals surface area contributed by atoms with E-state index < -0.39 is 0 Å². The fourth-order valence-corrected chi connectivity index (χ4v) is 3.25. The molecule has 0 fully saturated rings. The SMILES string of the molecule is CCNC(=NCc1cc(OC)c(OC)cc1OC)N(C)Cc1csc(C)n1. The highest BCUT2D eigenvalue weighted by molar-refractivity contribution is 7.09. The third-order valence-corrected chi connectivity index (χ3v) is 4.77. The van der Waals surface area contributed by atoms with Crippen molar-refractivity contribution in [2.45, 2.75) is 26.9 Å². The van der Waals surface area contributed by atoms with Gasteiger partial charge in [0.1, 0.15) is 5.75 Å². The average Bonchev–Trinajstić information content (AvgIpc) is 3.08. The van der Waals surface area contributed by atoms with Gasteiger partial charge in [-0.25, -0.2) is 9.98 Å². The summed E-state index contributed by atoms with van der Waals surface area (Å²) in [6.45, 7) is 5.98. The minimum absolute atomic E-state index is 0.451. The quantitative estimate of drug-likeness (QED) is 0.550. The maximum Gasteiger partial charge on any atom is 0.194 e. The van der Waals surface area contributed by atoms with Gasteiger partial charge in [-0.15, -0.1) is 11.3 Å². The maximum atomic E-state index is 5.49. The second-order valence-corrected chi connectivity index (χ2v) is 6.97. The Morgan fingerprint density at radius 3 is 2.37 bits per heavy atom. The Morgan fingerprint density at radius 1 is 1.15 bits per heavy atom. The standard InChI is InChI=1S/C19H28N4O3S/c1-7-20-19(23(3)11-15-12-27-13(2)22-15)21-10-14-8-17(25-5)18(26-6)9-16(14)24-4/h8-9,12H,7,10-11H2,1-6H3,(H,20,21). The number of rotatable bonds is 8. The van der Waals surface area contributed by atoms with Crippen LogP contribution in [-0.2, 0) is 13.1 Å². The molecule has 0 amide bonds. The second-order valence-electron chi connectivity index (χ2n) is 5.90. The Labute approximate surface area is 165 Å². The predicted molar refractivity (Wildman–Crippen MR) is 109 cm³/mol. The molecule has 0 radical (unpaired) electrons. The van der Waals surface area contributed by atoms with Crippen LogP contribution in [-0.4, -0.2) is 50.8 Å². The number of methoxy groups -OCH3 is 3. The largest absolute Gasteiger partial charge is 0.496 e. The number of nitrogens with one attached hydrogen (secondary N) is 1. The molecule has 1 N–H and O–H groups in total. The van der Waals surface area contributed by atoms with Crippen LogP contribution in [0.3, 0.4) is 0 Å². The van der Waals surface area contributed by atoms with Crippen LogP contribution < -0.4 is 19.5 Å². The first-order valence-corrected chi connectivity index (χ1v) is 9.59. The van der Waals surface area contributed by atoms with Crippen LogP contribution in [0.5, 0.6) is 17.2 Å². The number of benzene rings is 1. The minimum Gasteiger partial charge on any atom is -0.496 e. The summed E-state index contributed by atoms with van der Waals surface area (Å²) in [5.41, 5.74) is 1.96. The molecule has 1 aromatic carbocycles. The number of guanidine groups is 1. The molecule has 0 bridgehead atoms. The summed E-state index contributed by atoms with van der Waals surface area (Å²) >= 11 is 1.65. The number of aromatic nitrogens is 1. The number of aryl methyl sites for hydroxylation is 1. The normalized spacial score (nSPS) is 11.3. The third-order valence-electron chi connectivity index (χ3n) is 3.95. The highest BCUT2D eigenvalue weighted by atomic mass is 32.1. The van der Waals surface area contributed by atoms with E-state index in [2.05, 4.69) is 20.6 Å². The van der Waals surface area contributed by atoms with E-state index in [1.807, 2.05) is 33.0 Å². The van der Waals surface area contributed by atoms with E-state index >= 15 is 0 Å². The maximum absolute atomic E-state index is 5.49. The topological polar surface area (TPSA) is 68.2 Å². The van der Waals surface area contributed by atoms with Crippen LogP contribution in [0.4, 0.5) is 0 Å². The molecule has 148 valence electrons. The molecule has 2 aromatic rings. The Morgan fingerprint density at radius 2 is 1.81 bits per heavy atom. The summed E-state index contributed by atoms with van der Waals surface area (Å²) in [5.74, 6) is 2.80. The molecular formula is C19H28N4O3S. The number of hydrogen-bond donors (Lipinski definition) is 1. The zero-order chi connectivity index (χ0) is 19.8. The van der Waals surface area contributed by atoms with Gasteiger partial charge in [0.25, 0.3) is 0 Å². The highest BCUT2D eigenvalue weighted by Crippen LogP contribution is 2.34. The molecule has 0 aliphatic carbocycles. The van der Waals surface area contributed by atoms with Gasteiger partial charge in [0, 0.05) is 30.6 Å². The molecular weight excluding hydrogens is 364 g/mol. The summed E-state index contributed by atoms with van der Waals surface area (Å²) in [4.78, 5) is 11.3. The van der Waals surface area contributed by atoms with Crippen molar-refractivity contribution in [2.75, 3.05) is 34.9 Å². The Bertz CT molecular complexity index is 776. The first-order valence-electron chi connectivity index (χ1n) is 8.71. The molecule has 0 atom stereocenters. The minimum atomic E-state index is 0.451. The average molecular weight is 393 g/mol. The number of nitrogens with zero attached hydrogens (tertiary/aromatic N) is 3. The van der Waals surface area contributed by atoms with Crippen molar-refractivity contribution in [3.05, 3.63) is 33.8 Å². The summed E-state index contributed by atoms with van der Waals surface area (Å²) < 4.78 is 16.2. The van der Waals surface area contributed by atoms with Crippen LogP contribution >= 0.6 is 11.3 Å². The van der Waals surface area contributed by atoms with E-state index in [-0.39, 0.29) is 0 Å². The molecule has 2 rings (SSSR count). The lowest BCUT2D eigenvalue weighted by Crippen LogP contribution is -2.38. The molecule has 1 heterocycles. The monoisotopic (exact) mass is 392 g/mol. The molecule has 0 aliphatic rings. The van der Waals surface area contributed by atoms with Gasteiger partial charge in [-0.05, 0) is 19.9 Å². The van der Waals surface area contributed by atoms with Crippen molar-refractivity contribution in [1.29, 1.82) is 0 Å². The zero-order valence-electron chi connectivity index (χ0n) is 16.8. The lowest BCUT2D eigenvalue weighted by molar-refractivity contribution is 0.347. The molecule has 7 nitrogen and oxygen atoms in total. The Balaban J connectivity index is 2.22. The van der Waals surface area contributed by atoms with Gasteiger partial charge in [0.2, 0.25) is 0 Å². The van der Waals surface area contributed by atoms with Gasteiger partial charge in [-0.1, -0.05) is 0 Å². The van der Waals surface area contributed by atoms with Crippen molar-refractivity contribution < 1.29 is 14.2 Å². The van der Waals surface area contributed by atoms with Crippen LogP contribution in [0.1, 0.15) is 23.2 Å². The van der Waals surface area contributed by atoms with Crippen LogP contribution in [0.2, 0.25) is 0 Å². The van der Waals surface area contributed by atoms with Crippen LogP contribution in [0.15, 0.2) is 22.5 Å². The van der Waals surface area contributed by atoms with Gasteiger partial charge in [0.05, 0.1) is 45.1 Å². The first kappa shape index (κ1) is 20.8. The molecule has 0 saturated heterocycles. The van der Waals surface area contributed by atoms with Gasteiger partial charge in [-0.3, -0.25) is 0 Å². The number of hydrogen-bond acceptors (Lipinski definition) is 6. The summed E-state index contributed by atoms with van der Waals surface area (Å²) in [6, 6.07) is 3.72. The van der Waals surface area contributed by atoms with Crippen molar-refractivity contribution in [2.24, 2.45) is 4.99 Å². The summed E-state index contributed by atoms with van der Waals surface area (Å²) in [5, 5.41) is 6.46. The van der Waals surface area contributed by atoms with Crippen molar-refractivity contribution >= 4 is 17.3 Å². The summed E-state index contributed by atoms with van der Waals surface area (Å²) in [6.07, 6.45) is 0. The van der Waals surface area contributed by atoms with Crippen molar-refractivity contribution in [3.63, 3.8) is 0 Å². The number of aliphatic imine (C=N–C) groups is 1. The molecule has 0 unspecified atom stereocenters. The molecule has 27 heavy (non-hydrogen) atoms. The number of thiazole rings is 1. The van der Waals surface area contributed by atoms with E-state index in [0.717, 1.165) is 28.8 Å². The lowest BCUT2D eigenvalue weighted by Gasteiger charge is -2.21. The molecule has 0 aliphatic heterocycles. The molecule has 0 spiro atoms. The van der Waals surface area contributed by atoms with E-state index in [9.17, 15) is 0 Å². The Kier molecular flexibility index (Phi) is 7.72. The van der Waals surface area contributed by atoms with Crippen LogP contribution in [0, 0.1) is 6.92 Å². The van der Waals surface area contributed by atoms with Crippen LogP contribution in [0.25, 0.3) is 0 Å². The second kappa shape index (κ2) is 10.0. The Hall–Kier alpha value is -2.48. The van der Waals surface area contributed by atoms with Gasteiger partial charge >= 0.3 is 0 Å². The molecule has 1 aromatic heterocycles. The fourth-order valence-electron chi connectivity index (χ4n) is 2.64. The smallest absolute Gasteiger partial charge is 0.194 e. The van der Waals surface area contributed by atoms with Crippen molar-refractivity contribution in [3.8, 4) is 17.2 Å². The van der Waals surface area contributed by atoms with E-state index in [1.54, 1.807) is 32.7 Å². The van der Waals surface area contributed by atoms with Gasteiger partial charge < -0.3 is 24.4 Å². The van der Waals surface area contributed by atoms with Gasteiger partial charge in [-0.2, -0.15) is 0 Å².